The van der Waals surface area contributed by atoms with Crippen LogP contribution >= 0.6 is 0 Å². The highest BCUT2D eigenvalue weighted by Gasteiger charge is 2.28. The minimum Gasteiger partial charge on any atom is -0.381 e. The van der Waals surface area contributed by atoms with Crippen molar-refractivity contribution < 1.29 is 4.74 Å². The molecule has 0 bridgehead atoms. The fourth-order valence-electron chi connectivity index (χ4n) is 2.29. The van der Waals surface area contributed by atoms with Gasteiger partial charge in [0.2, 0.25) is 0 Å². The second kappa shape index (κ2) is 5.49. The summed E-state index contributed by atoms with van der Waals surface area (Å²) in [5.41, 5.74) is 1.93. The summed E-state index contributed by atoms with van der Waals surface area (Å²) in [4.78, 5) is 0. The van der Waals surface area contributed by atoms with Crippen molar-refractivity contribution in [2.75, 3.05) is 13.2 Å². The Balaban J connectivity index is 2.37. The van der Waals surface area contributed by atoms with Gasteiger partial charge in [0.1, 0.15) is 5.69 Å². The van der Waals surface area contributed by atoms with E-state index in [0.717, 1.165) is 31.0 Å². The van der Waals surface area contributed by atoms with Crippen molar-refractivity contribution in [2.45, 2.75) is 45.6 Å². The van der Waals surface area contributed by atoms with Gasteiger partial charge in [0.15, 0.2) is 0 Å². The van der Waals surface area contributed by atoms with Crippen LogP contribution < -0.4 is 0 Å². The molecule has 5 heteroatoms. The number of nitriles is 1. The van der Waals surface area contributed by atoms with Crippen molar-refractivity contribution in [3.63, 3.8) is 0 Å². The third-order valence-electron chi connectivity index (χ3n) is 3.72. The van der Waals surface area contributed by atoms with Gasteiger partial charge in [-0.1, -0.05) is 19.1 Å². The van der Waals surface area contributed by atoms with E-state index < -0.39 is 0 Å². The summed E-state index contributed by atoms with van der Waals surface area (Å²) in [6, 6.07) is 2.46. The van der Waals surface area contributed by atoms with E-state index in [-0.39, 0.29) is 0 Å². The minimum atomic E-state index is 0.292. The molecule has 98 valence electrons. The average Bonchev–Trinajstić information content (AvgIpc) is 2.96. The molecule has 2 heterocycles. The van der Waals surface area contributed by atoms with E-state index in [1.54, 1.807) is 0 Å². The first-order valence-corrected chi connectivity index (χ1v) is 6.53. The van der Waals surface area contributed by atoms with Crippen molar-refractivity contribution >= 4 is 0 Å². The van der Waals surface area contributed by atoms with Crippen LogP contribution in [0.1, 0.15) is 50.5 Å². The molecule has 2 atom stereocenters. The Morgan fingerprint density at radius 3 is 2.83 bits per heavy atom. The zero-order valence-electron chi connectivity index (χ0n) is 11.3. The molecule has 1 saturated heterocycles. The Kier molecular flexibility index (Phi) is 3.97. The molecule has 2 unspecified atom stereocenters. The van der Waals surface area contributed by atoms with Crippen LogP contribution in [0.3, 0.4) is 0 Å². The van der Waals surface area contributed by atoms with E-state index in [0.29, 0.717) is 24.3 Å². The molecule has 1 fully saturated rings. The van der Waals surface area contributed by atoms with Crippen molar-refractivity contribution in [1.82, 2.24) is 15.0 Å². The van der Waals surface area contributed by atoms with Crippen molar-refractivity contribution in [3.8, 4) is 6.07 Å². The van der Waals surface area contributed by atoms with Crippen LogP contribution in [0, 0.1) is 17.2 Å². The van der Waals surface area contributed by atoms with Gasteiger partial charge >= 0.3 is 0 Å². The molecule has 0 aromatic carbocycles. The lowest BCUT2D eigenvalue weighted by molar-refractivity contribution is 0.192. The van der Waals surface area contributed by atoms with E-state index in [1.165, 1.54) is 0 Å². The Bertz CT molecular complexity index is 440. The van der Waals surface area contributed by atoms with Crippen LogP contribution in [0.5, 0.6) is 0 Å². The van der Waals surface area contributed by atoms with Gasteiger partial charge in [-0.3, -0.25) is 0 Å². The van der Waals surface area contributed by atoms with Gasteiger partial charge in [0.25, 0.3) is 0 Å². The van der Waals surface area contributed by atoms with E-state index in [1.807, 2.05) is 4.68 Å². The maximum absolute atomic E-state index is 8.89. The van der Waals surface area contributed by atoms with Gasteiger partial charge in [-0.2, -0.15) is 5.26 Å². The van der Waals surface area contributed by atoms with E-state index >= 15 is 0 Å². The molecule has 0 aliphatic carbocycles. The minimum absolute atomic E-state index is 0.292. The number of rotatable bonds is 4. The van der Waals surface area contributed by atoms with Crippen LogP contribution in [-0.4, -0.2) is 28.2 Å². The zero-order valence-corrected chi connectivity index (χ0v) is 11.3. The van der Waals surface area contributed by atoms with E-state index in [4.69, 9.17) is 10.00 Å². The van der Waals surface area contributed by atoms with Gasteiger partial charge in [0, 0.05) is 12.5 Å². The monoisotopic (exact) mass is 248 g/mol. The molecule has 0 radical (unpaired) electrons. The maximum Gasteiger partial charge on any atom is 0.100 e. The average molecular weight is 248 g/mol. The van der Waals surface area contributed by atoms with E-state index in [2.05, 4.69) is 37.2 Å². The zero-order chi connectivity index (χ0) is 13.1. The van der Waals surface area contributed by atoms with E-state index in [9.17, 15) is 0 Å². The summed E-state index contributed by atoms with van der Waals surface area (Å²) in [6.07, 6.45) is 1.33. The van der Waals surface area contributed by atoms with Gasteiger partial charge in [0.05, 0.1) is 30.8 Å². The standard InChI is InChI=1S/C13H20N4O/c1-9(2)10(3)17-13(11-5-7-18-8-11)12(4-6-14)15-16-17/h9-11H,4-5,7-8H2,1-3H3. The summed E-state index contributed by atoms with van der Waals surface area (Å²) in [5, 5.41) is 17.3. The summed E-state index contributed by atoms with van der Waals surface area (Å²) < 4.78 is 7.45. The van der Waals surface area contributed by atoms with Crippen LogP contribution in [0.4, 0.5) is 0 Å². The fourth-order valence-corrected chi connectivity index (χ4v) is 2.29. The molecule has 0 amide bonds. The highest BCUT2D eigenvalue weighted by Crippen LogP contribution is 2.30. The third kappa shape index (κ3) is 2.39. The Labute approximate surface area is 108 Å². The molecule has 2 rings (SSSR count). The first-order chi connectivity index (χ1) is 8.65. The molecule has 0 saturated carbocycles. The highest BCUT2D eigenvalue weighted by atomic mass is 16.5. The number of aromatic nitrogens is 3. The number of hydrogen-bond donors (Lipinski definition) is 0. The second-order valence-corrected chi connectivity index (χ2v) is 5.25. The summed E-state index contributed by atoms with van der Waals surface area (Å²) in [5.74, 6) is 0.826. The molecule has 18 heavy (non-hydrogen) atoms. The first-order valence-electron chi connectivity index (χ1n) is 6.53. The lowest BCUT2D eigenvalue weighted by atomic mass is 9.99. The fraction of sp³-hybridized carbons (Fsp3) is 0.769. The van der Waals surface area contributed by atoms with Crippen LogP contribution in [0.25, 0.3) is 0 Å². The number of nitrogens with zero attached hydrogens (tertiary/aromatic N) is 4. The van der Waals surface area contributed by atoms with Gasteiger partial charge < -0.3 is 4.74 Å². The van der Waals surface area contributed by atoms with Crippen molar-refractivity contribution in [2.24, 2.45) is 5.92 Å². The maximum atomic E-state index is 8.89. The summed E-state index contributed by atoms with van der Waals surface area (Å²) in [6.45, 7) is 8.00. The molecule has 1 aromatic heterocycles. The van der Waals surface area contributed by atoms with Crippen molar-refractivity contribution in [1.29, 1.82) is 5.26 Å². The molecular weight excluding hydrogens is 228 g/mol. The van der Waals surface area contributed by atoms with Crippen molar-refractivity contribution in [3.05, 3.63) is 11.4 Å². The highest BCUT2D eigenvalue weighted by molar-refractivity contribution is 5.20. The Morgan fingerprint density at radius 2 is 2.28 bits per heavy atom. The lowest BCUT2D eigenvalue weighted by Gasteiger charge is -2.20. The summed E-state index contributed by atoms with van der Waals surface area (Å²) >= 11 is 0. The van der Waals surface area contributed by atoms with Gasteiger partial charge in [-0.25, -0.2) is 4.68 Å². The largest absolute Gasteiger partial charge is 0.381 e. The molecule has 1 aliphatic heterocycles. The molecule has 1 aliphatic rings. The molecule has 0 N–H and O–H groups in total. The molecular formula is C13H20N4O. The quantitative estimate of drug-likeness (QED) is 0.818. The normalized spacial score (nSPS) is 21.2. The number of hydrogen-bond acceptors (Lipinski definition) is 4. The Morgan fingerprint density at radius 1 is 1.50 bits per heavy atom. The summed E-state index contributed by atoms with van der Waals surface area (Å²) in [7, 11) is 0. The Hall–Kier alpha value is -1.41. The third-order valence-corrected chi connectivity index (χ3v) is 3.72. The van der Waals surface area contributed by atoms with Crippen LogP contribution in [0.2, 0.25) is 0 Å². The number of ether oxygens (including phenoxy) is 1. The van der Waals surface area contributed by atoms with Crippen LogP contribution in [-0.2, 0) is 11.2 Å². The lowest BCUT2D eigenvalue weighted by Crippen LogP contribution is -2.18. The topological polar surface area (TPSA) is 63.7 Å². The molecule has 0 spiro atoms. The smallest absolute Gasteiger partial charge is 0.100 e. The molecule has 1 aromatic rings. The van der Waals surface area contributed by atoms with Crippen LogP contribution in [0.15, 0.2) is 0 Å². The predicted octanol–water partition coefficient (Wildman–Crippen LogP) is 2.07. The SMILES string of the molecule is CC(C)C(C)n1nnc(CC#N)c1C1CCOC1. The molecule has 5 nitrogen and oxygen atoms in total. The second-order valence-electron chi connectivity index (χ2n) is 5.25. The predicted molar refractivity (Wildman–Crippen MR) is 67.1 cm³/mol. The van der Waals surface area contributed by atoms with Gasteiger partial charge in [-0.05, 0) is 19.3 Å². The van der Waals surface area contributed by atoms with Gasteiger partial charge in [-0.15, -0.1) is 5.10 Å². The first kappa shape index (κ1) is 13.0.